The monoisotopic (exact) mass is 495 g/mol. The van der Waals surface area contributed by atoms with Crippen molar-refractivity contribution in [3.63, 3.8) is 0 Å². The largest absolute Gasteiger partial charge is 0.355 e. The lowest BCUT2D eigenvalue weighted by molar-refractivity contribution is 0.101. The number of benzene rings is 2. The van der Waals surface area contributed by atoms with Gasteiger partial charge in [0.25, 0.3) is 5.91 Å². The molecule has 3 heterocycles. The van der Waals surface area contributed by atoms with E-state index in [-0.39, 0.29) is 5.91 Å². The van der Waals surface area contributed by atoms with Gasteiger partial charge in [-0.15, -0.1) is 0 Å². The molecule has 0 aliphatic rings. The van der Waals surface area contributed by atoms with E-state index in [1.165, 1.54) is 0 Å². The van der Waals surface area contributed by atoms with Crippen LogP contribution in [0.15, 0.2) is 73.1 Å². The van der Waals surface area contributed by atoms with E-state index in [9.17, 15) is 9.18 Å². The maximum Gasteiger partial charge on any atom is 0.273 e. The summed E-state index contributed by atoms with van der Waals surface area (Å²) in [6.45, 7) is 3.71. The Kier molecular flexibility index (Phi) is 6.76. The number of alkyl halides is 1. The Hall–Kier alpha value is -4.79. The zero-order valence-corrected chi connectivity index (χ0v) is 20.5. The van der Waals surface area contributed by atoms with E-state index in [0.717, 1.165) is 28.0 Å². The van der Waals surface area contributed by atoms with Crippen molar-refractivity contribution in [1.29, 1.82) is 0 Å². The molecule has 2 aromatic carbocycles. The van der Waals surface area contributed by atoms with Gasteiger partial charge in [-0.2, -0.15) is 10.2 Å². The molecule has 8 nitrogen and oxygen atoms in total. The second kappa shape index (κ2) is 10.4. The highest BCUT2D eigenvalue weighted by Gasteiger charge is 2.14. The van der Waals surface area contributed by atoms with Crippen molar-refractivity contribution in [1.82, 2.24) is 24.5 Å². The molecule has 1 amide bonds. The molecule has 2 N–H and O–H groups in total. The molecule has 0 spiro atoms. The van der Waals surface area contributed by atoms with E-state index in [1.54, 1.807) is 46.0 Å². The van der Waals surface area contributed by atoms with Crippen molar-refractivity contribution in [2.24, 2.45) is 0 Å². The second-order valence-electron chi connectivity index (χ2n) is 8.50. The van der Waals surface area contributed by atoms with Crippen molar-refractivity contribution >= 4 is 46.1 Å². The van der Waals surface area contributed by atoms with Crippen LogP contribution in [-0.2, 0) is 13.2 Å². The number of halogens is 1. The molecule has 0 atom stereocenters. The van der Waals surface area contributed by atoms with Crippen LogP contribution >= 0.6 is 0 Å². The van der Waals surface area contributed by atoms with Crippen LogP contribution < -0.4 is 10.6 Å². The minimum Gasteiger partial charge on any atom is -0.355 e. The number of aryl methyl sites for hydroxylation is 2. The highest BCUT2D eigenvalue weighted by atomic mass is 19.1. The SMILES string of the molecule is CCn1nc(C)cc1C(=O)Nc1ccc(CF)c(Nc2ccc3cnn(C=Cc4ccccn4)c3c2)c1. The molecule has 5 aromatic rings. The molecular weight excluding hydrogens is 469 g/mol. The average Bonchev–Trinajstić information content (AvgIpc) is 3.51. The van der Waals surface area contributed by atoms with Gasteiger partial charge in [0, 0.05) is 47.0 Å². The Morgan fingerprint density at radius 3 is 2.73 bits per heavy atom. The summed E-state index contributed by atoms with van der Waals surface area (Å²) in [6.07, 6.45) is 7.25. The van der Waals surface area contributed by atoms with Gasteiger partial charge in [-0.1, -0.05) is 12.1 Å². The van der Waals surface area contributed by atoms with Crippen LogP contribution in [0.5, 0.6) is 0 Å². The minimum atomic E-state index is -0.647. The van der Waals surface area contributed by atoms with E-state index >= 15 is 0 Å². The average molecular weight is 496 g/mol. The quantitative estimate of drug-likeness (QED) is 0.274. The highest BCUT2D eigenvalue weighted by Crippen LogP contribution is 2.28. The van der Waals surface area contributed by atoms with Crippen molar-refractivity contribution in [2.45, 2.75) is 27.1 Å². The zero-order valence-electron chi connectivity index (χ0n) is 20.5. The second-order valence-corrected chi connectivity index (χ2v) is 8.50. The standard InChI is InChI=1S/C28H26FN7O/c1-3-35-27(14-19(2)34-35)28(37)33-23-9-7-20(17-29)25(15-23)32-24-10-8-21-18-31-36(26(21)16-24)13-11-22-6-4-5-12-30-22/h4-16,18,32H,3,17H2,1-2H3,(H,33,37). The third-order valence-electron chi connectivity index (χ3n) is 5.90. The summed E-state index contributed by atoms with van der Waals surface area (Å²) in [6, 6.07) is 18.3. The lowest BCUT2D eigenvalue weighted by Gasteiger charge is -2.14. The molecule has 37 heavy (non-hydrogen) atoms. The third-order valence-corrected chi connectivity index (χ3v) is 5.90. The maximum absolute atomic E-state index is 13.8. The molecular formula is C28H26FN7O. The van der Waals surface area contributed by atoms with Gasteiger partial charge >= 0.3 is 0 Å². The molecule has 5 rings (SSSR count). The lowest BCUT2D eigenvalue weighted by atomic mass is 10.1. The van der Waals surface area contributed by atoms with Gasteiger partial charge in [0.2, 0.25) is 0 Å². The molecule has 0 fully saturated rings. The van der Waals surface area contributed by atoms with E-state index in [1.807, 2.05) is 62.5 Å². The topological polar surface area (TPSA) is 89.7 Å². The summed E-state index contributed by atoms with van der Waals surface area (Å²) in [5.41, 5.74) is 5.31. The maximum atomic E-state index is 13.8. The number of hydrogen-bond acceptors (Lipinski definition) is 5. The van der Waals surface area contributed by atoms with Crippen molar-refractivity contribution in [3.8, 4) is 0 Å². The predicted molar refractivity (Wildman–Crippen MR) is 144 cm³/mol. The van der Waals surface area contributed by atoms with Crippen LogP contribution in [0, 0.1) is 6.92 Å². The van der Waals surface area contributed by atoms with Gasteiger partial charge in [0.1, 0.15) is 12.4 Å². The molecule has 0 aliphatic heterocycles. The number of carbonyl (C=O) groups is 1. The summed E-state index contributed by atoms with van der Waals surface area (Å²) >= 11 is 0. The van der Waals surface area contributed by atoms with Gasteiger partial charge < -0.3 is 10.6 Å². The number of carbonyl (C=O) groups excluding carboxylic acids is 1. The Morgan fingerprint density at radius 2 is 1.95 bits per heavy atom. The van der Waals surface area contributed by atoms with E-state index in [4.69, 9.17) is 0 Å². The summed E-state index contributed by atoms with van der Waals surface area (Å²) in [7, 11) is 0. The van der Waals surface area contributed by atoms with Crippen LogP contribution in [0.4, 0.5) is 21.5 Å². The number of rotatable bonds is 8. The summed E-state index contributed by atoms with van der Waals surface area (Å²) in [5.74, 6) is -0.272. The zero-order chi connectivity index (χ0) is 25.8. The smallest absolute Gasteiger partial charge is 0.273 e. The Labute approximate surface area is 213 Å². The first kappa shape index (κ1) is 23.9. The molecule has 0 saturated heterocycles. The lowest BCUT2D eigenvalue weighted by Crippen LogP contribution is -2.17. The number of nitrogens with one attached hydrogen (secondary N) is 2. The first-order chi connectivity index (χ1) is 18.0. The van der Waals surface area contributed by atoms with Crippen molar-refractivity contribution in [3.05, 3.63) is 95.7 Å². The fourth-order valence-corrected chi connectivity index (χ4v) is 4.06. The summed E-state index contributed by atoms with van der Waals surface area (Å²) in [5, 5.41) is 15.9. The fourth-order valence-electron chi connectivity index (χ4n) is 4.06. The van der Waals surface area contributed by atoms with E-state index < -0.39 is 6.67 Å². The summed E-state index contributed by atoms with van der Waals surface area (Å²) < 4.78 is 17.2. The predicted octanol–water partition coefficient (Wildman–Crippen LogP) is 6.05. The number of amides is 1. The van der Waals surface area contributed by atoms with E-state index in [2.05, 4.69) is 25.8 Å². The van der Waals surface area contributed by atoms with Gasteiger partial charge in [-0.05, 0) is 68.5 Å². The van der Waals surface area contributed by atoms with Gasteiger partial charge in [0.05, 0.1) is 23.1 Å². The Bertz CT molecular complexity index is 1590. The highest BCUT2D eigenvalue weighted by molar-refractivity contribution is 6.03. The third kappa shape index (κ3) is 5.25. The van der Waals surface area contributed by atoms with Gasteiger partial charge in [-0.3, -0.25) is 14.5 Å². The van der Waals surface area contributed by atoms with Crippen LogP contribution in [-0.4, -0.2) is 30.5 Å². The number of hydrogen-bond donors (Lipinski definition) is 2. The first-order valence-corrected chi connectivity index (χ1v) is 11.9. The van der Waals surface area contributed by atoms with Gasteiger partial charge in [0.15, 0.2) is 0 Å². The van der Waals surface area contributed by atoms with Crippen LogP contribution in [0.25, 0.3) is 23.2 Å². The number of aromatic nitrogens is 5. The number of anilines is 3. The molecule has 0 saturated carbocycles. The molecule has 9 heteroatoms. The van der Waals surface area contributed by atoms with Crippen LogP contribution in [0.2, 0.25) is 0 Å². The molecule has 0 bridgehead atoms. The van der Waals surface area contributed by atoms with Crippen molar-refractivity contribution in [2.75, 3.05) is 10.6 Å². The summed E-state index contributed by atoms with van der Waals surface area (Å²) in [4.78, 5) is 17.2. The minimum absolute atomic E-state index is 0.272. The van der Waals surface area contributed by atoms with Crippen molar-refractivity contribution < 1.29 is 9.18 Å². The molecule has 186 valence electrons. The van der Waals surface area contributed by atoms with E-state index in [0.29, 0.717) is 29.2 Å². The molecule has 3 aromatic heterocycles. The number of nitrogens with zero attached hydrogens (tertiary/aromatic N) is 5. The molecule has 0 unspecified atom stereocenters. The number of fused-ring (bicyclic) bond motifs is 1. The van der Waals surface area contributed by atoms with Gasteiger partial charge in [-0.25, -0.2) is 9.07 Å². The number of pyridine rings is 1. The Morgan fingerprint density at radius 1 is 1.08 bits per heavy atom. The molecule has 0 aliphatic carbocycles. The normalized spacial score (nSPS) is 11.3. The Balaban J connectivity index is 1.40. The fraction of sp³-hybridized carbons (Fsp3) is 0.143. The molecule has 0 radical (unpaired) electrons. The van der Waals surface area contributed by atoms with Crippen LogP contribution in [0.3, 0.4) is 0 Å². The van der Waals surface area contributed by atoms with Crippen LogP contribution in [0.1, 0.15) is 34.4 Å². The first-order valence-electron chi connectivity index (χ1n) is 11.9.